The molecule has 6 nitrogen and oxygen atoms in total. The van der Waals surface area contributed by atoms with Crippen LogP contribution in [0.4, 0.5) is 0 Å². The van der Waals surface area contributed by atoms with E-state index in [4.69, 9.17) is 0 Å². The van der Waals surface area contributed by atoms with Crippen LogP contribution >= 0.6 is 0 Å². The molecule has 0 fully saturated rings. The molecule has 0 aromatic carbocycles. The minimum atomic E-state index is 1.44. The fourth-order valence-electron chi connectivity index (χ4n) is 0.419. The fourth-order valence-corrected chi connectivity index (χ4v) is 0.419. The molecule has 0 aliphatic carbocycles. The number of aromatic amines is 1. The molecule has 2 aromatic rings. The lowest BCUT2D eigenvalue weighted by atomic mass is 11.1. The fraction of sp³-hybridized carbons (Fsp3) is 0.200. The number of nitrogens with one attached hydrogen (secondary N) is 1. The normalized spacial score (nSPS) is 8.45. The van der Waals surface area contributed by atoms with E-state index < -0.39 is 0 Å². The number of H-pyrrole nitrogens is 1. The van der Waals surface area contributed by atoms with Crippen LogP contribution in [0.3, 0.4) is 0 Å². The number of aryl methyl sites for hydroxylation is 1. The van der Waals surface area contributed by atoms with E-state index in [1.54, 1.807) is 17.2 Å². The van der Waals surface area contributed by atoms with Crippen molar-refractivity contribution in [3.8, 4) is 0 Å². The highest BCUT2D eigenvalue weighted by molar-refractivity contribution is 4.52. The predicted octanol–water partition coefficient (Wildman–Crippen LogP) is -0.380. The highest BCUT2D eigenvalue weighted by Crippen LogP contribution is 1.66. The molecule has 6 heteroatoms. The number of hydrogen-bond donors (Lipinski definition) is 1. The van der Waals surface area contributed by atoms with Crippen LogP contribution < -0.4 is 0 Å². The summed E-state index contributed by atoms with van der Waals surface area (Å²) in [5.74, 6) is 0. The van der Waals surface area contributed by atoms with Gasteiger partial charge in [-0.1, -0.05) is 0 Å². The molecule has 0 aliphatic rings. The van der Waals surface area contributed by atoms with Gasteiger partial charge in [0.05, 0.1) is 0 Å². The minimum absolute atomic E-state index is 1.44. The predicted molar refractivity (Wildman–Crippen MR) is 37.4 cm³/mol. The molecule has 2 aromatic heterocycles. The third-order valence-electron chi connectivity index (χ3n) is 0.865. The van der Waals surface area contributed by atoms with E-state index in [2.05, 4.69) is 25.4 Å². The maximum atomic E-state index is 3.56. The lowest BCUT2D eigenvalue weighted by molar-refractivity contribution is 0.910. The van der Waals surface area contributed by atoms with Gasteiger partial charge in [-0.25, -0.2) is 4.98 Å². The van der Waals surface area contributed by atoms with Crippen LogP contribution in [0, 0.1) is 0 Å². The lowest BCUT2D eigenvalue weighted by Crippen LogP contribution is -1.76. The molecule has 0 spiro atoms. The van der Waals surface area contributed by atoms with E-state index in [0.717, 1.165) is 0 Å². The second-order valence-electron chi connectivity index (χ2n) is 1.78. The standard InChI is InChI=1S/C3H5N3.C2H3N3/c1-6-2-4-5-3-6;1-3-2-5-4-1/h2-3H,1H3;1-2H,(H,3,4,5). The molecule has 2 heterocycles. The molecule has 0 saturated carbocycles. The van der Waals surface area contributed by atoms with Crippen molar-refractivity contribution in [3.63, 3.8) is 0 Å². The summed E-state index contributed by atoms with van der Waals surface area (Å²) in [4.78, 5) is 3.56. The Morgan fingerprint density at radius 1 is 1.27 bits per heavy atom. The van der Waals surface area contributed by atoms with Gasteiger partial charge in [-0.3, -0.25) is 5.10 Å². The van der Waals surface area contributed by atoms with E-state index >= 15 is 0 Å². The summed E-state index contributed by atoms with van der Waals surface area (Å²) < 4.78 is 1.78. The first kappa shape index (κ1) is 7.39. The van der Waals surface area contributed by atoms with Crippen molar-refractivity contribution in [1.82, 2.24) is 29.9 Å². The van der Waals surface area contributed by atoms with Crippen molar-refractivity contribution < 1.29 is 0 Å². The Hall–Kier alpha value is -1.72. The highest BCUT2D eigenvalue weighted by Gasteiger charge is 1.70. The monoisotopic (exact) mass is 152 g/mol. The van der Waals surface area contributed by atoms with Gasteiger partial charge in [-0.2, -0.15) is 5.10 Å². The molecular weight excluding hydrogens is 144 g/mol. The van der Waals surface area contributed by atoms with Crippen molar-refractivity contribution >= 4 is 0 Å². The Morgan fingerprint density at radius 3 is 2.18 bits per heavy atom. The summed E-state index contributed by atoms with van der Waals surface area (Å²) in [6.07, 6.45) is 6.24. The minimum Gasteiger partial charge on any atom is -0.323 e. The summed E-state index contributed by atoms with van der Waals surface area (Å²) in [6, 6.07) is 0. The van der Waals surface area contributed by atoms with Crippen LogP contribution in [0.1, 0.15) is 0 Å². The topological polar surface area (TPSA) is 72.3 Å². The first-order valence-corrected chi connectivity index (χ1v) is 2.97. The Labute approximate surface area is 63.3 Å². The maximum absolute atomic E-state index is 3.56. The smallest absolute Gasteiger partial charge is 0.137 e. The zero-order valence-electron chi connectivity index (χ0n) is 6.05. The molecule has 0 saturated heterocycles. The molecule has 0 atom stereocenters. The third kappa shape index (κ3) is 3.09. The number of hydrogen-bond acceptors (Lipinski definition) is 4. The van der Waals surface area contributed by atoms with E-state index in [0.29, 0.717) is 0 Å². The van der Waals surface area contributed by atoms with Gasteiger partial charge in [-0.15, -0.1) is 10.2 Å². The first-order valence-electron chi connectivity index (χ1n) is 2.97. The van der Waals surface area contributed by atoms with E-state index in [-0.39, 0.29) is 0 Å². The van der Waals surface area contributed by atoms with Crippen molar-refractivity contribution in [2.75, 3.05) is 0 Å². The number of aromatic nitrogens is 6. The van der Waals surface area contributed by atoms with Crippen LogP contribution in [0.5, 0.6) is 0 Å². The zero-order chi connectivity index (χ0) is 7.94. The number of rotatable bonds is 0. The van der Waals surface area contributed by atoms with Gasteiger partial charge in [0, 0.05) is 7.05 Å². The Balaban J connectivity index is 0.000000112. The average Bonchev–Trinajstić information content (AvgIpc) is 2.57. The summed E-state index contributed by atoms with van der Waals surface area (Å²) in [6.45, 7) is 0. The molecule has 0 aliphatic heterocycles. The van der Waals surface area contributed by atoms with Gasteiger partial charge >= 0.3 is 0 Å². The first-order chi connectivity index (χ1) is 5.39. The maximum Gasteiger partial charge on any atom is 0.137 e. The Bertz CT molecular complexity index is 229. The molecule has 0 unspecified atom stereocenters. The molecule has 0 bridgehead atoms. The van der Waals surface area contributed by atoms with Gasteiger partial charge in [0.25, 0.3) is 0 Å². The summed E-state index contributed by atoms with van der Waals surface area (Å²) in [5, 5.41) is 13.1. The van der Waals surface area contributed by atoms with Gasteiger partial charge in [0.2, 0.25) is 0 Å². The summed E-state index contributed by atoms with van der Waals surface area (Å²) >= 11 is 0. The lowest BCUT2D eigenvalue weighted by Gasteiger charge is -1.74. The van der Waals surface area contributed by atoms with E-state index in [9.17, 15) is 0 Å². The highest BCUT2D eigenvalue weighted by atomic mass is 15.2. The van der Waals surface area contributed by atoms with Crippen LogP contribution in [-0.4, -0.2) is 29.9 Å². The molecule has 11 heavy (non-hydrogen) atoms. The van der Waals surface area contributed by atoms with Gasteiger partial charge in [0.15, 0.2) is 0 Å². The van der Waals surface area contributed by atoms with Crippen LogP contribution in [0.15, 0.2) is 25.3 Å². The van der Waals surface area contributed by atoms with Gasteiger partial charge < -0.3 is 4.57 Å². The molecular formula is C5H8N6. The molecule has 1 N–H and O–H groups in total. The summed E-state index contributed by atoms with van der Waals surface area (Å²) in [5.41, 5.74) is 0. The molecule has 0 amide bonds. The van der Waals surface area contributed by atoms with Crippen LogP contribution in [0.25, 0.3) is 0 Å². The van der Waals surface area contributed by atoms with E-state index in [1.807, 2.05) is 7.05 Å². The van der Waals surface area contributed by atoms with Crippen LogP contribution in [0.2, 0.25) is 0 Å². The molecule has 58 valence electrons. The second kappa shape index (κ2) is 4.15. The van der Waals surface area contributed by atoms with Crippen molar-refractivity contribution in [2.45, 2.75) is 0 Å². The van der Waals surface area contributed by atoms with Gasteiger partial charge in [0.1, 0.15) is 25.3 Å². The average molecular weight is 152 g/mol. The summed E-state index contributed by atoms with van der Waals surface area (Å²) in [7, 11) is 1.88. The Kier molecular flexibility index (Phi) is 2.79. The quantitative estimate of drug-likeness (QED) is 0.558. The number of nitrogens with zero attached hydrogens (tertiary/aromatic N) is 5. The van der Waals surface area contributed by atoms with Crippen molar-refractivity contribution in [1.29, 1.82) is 0 Å². The zero-order valence-corrected chi connectivity index (χ0v) is 6.05. The third-order valence-corrected chi connectivity index (χ3v) is 0.865. The van der Waals surface area contributed by atoms with Crippen LogP contribution in [-0.2, 0) is 7.05 Å². The molecule has 2 rings (SSSR count). The largest absolute Gasteiger partial charge is 0.323 e. The second-order valence-corrected chi connectivity index (χ2v) is 1.78. The van der Waals surface area contributed by atoms with Gasteiger partial charge in [-0.05, 0) is 0 Å². The SMILES string of the molecule is Cn1cnnc1.c1nc[nH]n1. The molecule has 0 radical (unpaired) electrons. The van der Waals surface area contributed by atoms with E-state index in [1.165, 1.54) is 12.7 Å². The van der Waals surface area contributed by atoms with Crippen molar-refractivity contribution in [2.24, 2.45) is 7.05 Å². The van der Waals surface area contributed by atoms with Crippen molar-refractivity contribution in [3.05, 3.63) is 25.3 Å². The Morgan fingerprint density at radius 2 is 2.00 bits per heavy atom.